The van der Waals surface area contributed by atoms with Gasteiger partial charge in [0.15, 0.2) is 5.96 Å². The van der Waals surface area contributed by atoms with Gasteiger partial charge in [0, 0.05) is 45.0 Å². The molecule has 0 bridgehead atoms. The van der Waals surface area contributed by atoms with Crippen LogP contribution in [0.2, 0.25) is 0 Å². The van der Waals surface area contributed by atoms with E-state index >= 15 is 0 Å². The quantitative estimate of drug-likeness (QED) is 0.226. The van der Waals surface area contributed by atoms with Gasteiger partial charge < -0.3 is 20.3 Å². The lowest BCUT2D eigenvalue weighted by molar-refractivity contribution is 0.358. The molecule has 1 aliphatic rings. The minimum Gasteiger partial charge on any atom is -0.489 e. The smallest absolute Gasteiger partial charge is 0.191 e. The van der Waals surface area contributed by atoms with Crippen LogP contribution in [-0.2, 0) is 13.1 Å². The van der Waals surface area contributed by atoms with Gasteiger partial charge in [0.05, 0.1) is 0 Å². The number of anilines is 1. The van der Waals surface area contributed by atoms with Crippen molar-refractivity contribution >= 4 is 35.8 Å². The van der Waals surface area contributed by atoms with Crippen molar-refractivity contribution in [3.63, 3.8) is 0 Å². The molecular weight excluding hydrogens is 501 g/mol. The summed E-state index contributed by atoms with van der Waals surface area (Å²) in [6, 6.07) is 12.2. The molecule has 0 atom stereocenters. The molecule has 31 heavy (non-hydrogen) atoms. The van der Waals surface area contributed by atoms with Crippen molar-refractivity contribution in [2.24, 2.45) is 4.99 Å². The first-order valence-corrected chi connectivity index (χ1v) is 10.8. The van der Waals surface area contributed by atoms with Crippen LogP contribution in [-0.4, -0.2) is 37.7 Å². The fraction of sp³-hybridized carbons (Fsp3) is 0.417. The summed E-state index contributed by atoms with van der Waals surface area (Å²) in [5.74, 6) is 2.69. The molecule has 0 aliphatic carbocycles. The van der Waals surface area contributed by atoms with Gasteiger partial charge in [-0.25, -0.2) is 4.98 Å². The molecule has 0 saturated carbocycles. The van der Waals surface area contributed by atoms with E-state index in [1.54, 1.807) is 13.1 Å². The molecule has 0 radical (unpaired) electrons. The fourth-order valence-electron chi connectivity index (χ4n) is 3.57. The summed E-state index contributed by atoms with van der Waals surface area (Å²) in [6.07, 6.45) is 8.79. The molecule has 3 rings (SSSR count). The number of hydrogen-bond donors (Lipinski definition) is 2. The summed E-state index contributed by atoms with van der Waals surface area (Å²) in [5.41, 5.74) is 2.27. The predicted molar refractivity (Wildman–Crippen MR) is 140 cm³/mol. The standard InChI is InChI=1S/C24H33N5O.HI/c1-3-16-30-22-11-7-6-10-21(22)19-28-24(25-2)27-18-20-12-13-26-23(17-20)29-14-8-4-5-9-15-29;/h3,6-7,10-13,17H,1,4-5,8-9,14-16,18-19H2,2H3,(H2,25,27,28);1H. The zero-order valence-corrected chi connectivity index (χ0v) is 20.7. The SMILES string of the molecule is C=CCOc1ccccc1CNC(=NC)NCc1ccnc(N2CCCCCC2)c1.I. The molecule has 1 aliphatic heterocycles. The molecule has 1 fully saturated rings. The number of guanidine groups is 1. The number of ether oxygens (including phenoxy) is 1. The van der Waals surface area contributed by atoms with Crippen molar-refractivity contribution in [1.82, 2.24) is 15.6 Å². The van der Waals surface area contributed by atoms with Crippen LogP contribution in [0.1, 0.15) is 36.8 Å². The normalized spacial score (nSPS) is 14.2. The van der Waals surface area contributed by atoms with Crippen LogP contribution in [0.15, 0.2) is 60.2 Å². The van der Waals surface area contributed by atoms with Crippen LogP contribution in [0.5, 0.6) is 5.75 Å². The minimum absolute atomic E-state index is 0. The molecule has 2 N–H and O–H groups in total. The number of pyridine rings is 1. The number of aliphatic imine (C=N–C) groups is 1. The van der Waals surface area contributed by atoms with E-state index in [1.807, 2.05) is 24.4 Å². The van der Waals surface area contributed by atoms with Gasteiger partial charge in [0.2, 0.25) is 0 Å². The van der Waals surface area contributed by atoms with E-state index in [0.29, 0.717) is 19.7 Å². The molecule has 1 aromatic carbocycles. The third-order valence-corrected chi connectivity index (χ3v) is 5.20. The average Bonchev–Trinajstić information content (AvgIpc) is 3.08. The Morgan fingerprint density at radius 1 is 1.13 bits per heavy atom. The van der Waals surface area contributed by atoms with Crippen molar-refractivity contribution in [1.29, 1.82) is 0 Å². The van der Waals surface area contributed by atoms with Gasteiger partial charge in [-0.1, -0.05) is 43.7 Å². The third-order valence-electron chi connectivity index (χ3n) is 5.20. The Balaban J connectivity index is 0.00000341. The zero-order chi connectivity index (χ0) is 21.0. The number of nitrogens with one attached hydrogen (secondary N) is 2. The van der Waals surface area contributed by atoms with Crippen molar-refractivity contribution in [3.8, 4) is 5.75 Å². The predicted octanol–water partition coefficient (Wildman–Crippen LogP) is 4.51. The van der Waals surface area contributed by atoms with Crippen LogP contribution >= 0.6 is 24.0 Å². The van der Waals surface area contributed by atoms with Gasteiger partial charge in [-0.05, 0) is 36.6 Å². The first-order valence-electron chi connectivity index (χ1n) is 10.8. The highest BCUT2D eigenvalue weighted by Gasteiger charge is 2.11. The van der Waals surface area contributed by atoms with Crippen LogP contribution in [0.4, 0.5) is 5.82 Å². The van der Waals surface area contributed by atoms with Crippen molar-refractivity contribution in [2.45, 2.75) is 38.8 Å². The summed E-state index contributed by atoms with van der Waals surface area (Å²) in [4.78, 5) is 11.3. The van der Waals surface area contributed by atoms with Crippen LogP contribution < -0.4 is 20.3 Å². The molecule has 168 valence electrons. The summed E-state index contributed by atoms with van der Waals surface area (Å²) in [7, 11) is 1.78. The van der Waals surface area contributed by atoms with Gasteiger partial charge in [-0.15, -0.1) is 24.0 Å². The summed E-state index contributed by atoms with van der Waals surface area (Å²) >= 11 is 0. The van der Waals surface area contributed by atoms with E-state index in [2.05, 4.69) is 50.3 Å². The Kier molecular flexibility index (Phi) is 11.2. The molecular formula is C24H34IN5O. The molecule has 7 heteroatoms. The second-order valence-electron chi connectivity index (χ2n) is 7.41. The molecule has 0 spiro atoms. The van der Waals surface area contributed by atoms with Crippen molar-refractivity contribution in [3.05, 3.63) is 66.4 Å². The van der Waals surface area contributed by atoms with Gasteiger partial charge in [0.1, 0.15) is 18.2 Å². The highest BCUT2D eigenvalue weighted by Crippen LogP contribution is 2.19. The van der Waals surface area contributed by atoms with Gasteiger partial charge >= 0.3 is 0 Å². The number of halogens is 1. The Hall–Kier alpha value is -2.29. The number of nitrogens with zero attached hydrogens (tertiary/aromatic N) is 3. The summed E-state index contributed by atoms with van der Waals surface area (Å²) in [6.45, 7) is 7.72. The first-order chi connectivity index (χ1) is 14.8. The van der Waals surface area contributed by atoms with Crippen LogP contribution in [0.3, 0.4) is 0 Å². The summed E-state index contributed by atoms with van der Waals surface area (Å²) < 4.78 is 5.73. The molecule has 0 amide bonds. The van der Waals surface area contributed by atoms with Gasteiger partial charge in [-0.2, -0.15) is 0 Å². The highest BCUT2D eigenvalue weighted by atomic mass is 127. The van der Waals surface area contributed by atoms with Crippen LogP contribution in [0, 0.1) is 0 Å². The number of benzene rings is 1. The number of para-hydroxylation sites is 1. The summed E-state index contributed by atoms with van der Waals surface area (Å²) in [5, 5.41) is 6.76. The Labute approximate surface area is 203 Å². The maximum Gasteiger partial charge on any atom is 0.191 e. The lowest BCUT2D eigenvalue weighted by Crippen LogP contribution is -2.36. The van der Waals surface area contributed by atoms with Crippen LogP contribution in [0.25, 0.3) is 0 Å². The molecule has 2 heterocycles. The largest absolute Gasteiger partial charge is 0.489 e. The van der Waals surface area contributed by atoms with Gasteiger partial charge in [-0.3, -0.25) is 4.99 Å². The van der Waals surface area contributed by atoms with E-state index in [4.69, 9.17) is 4.74 Å². The fourth-order valence-corrected chi connectivity index (χ4v) is 3.57. The molecule has 1 saturated heterocycles. The monoisotopic (exact) mass is 535 g/mol. The maximum atomic E-state index is 5.73. The second kappa shape index (κ2) is 13.9. The van der Waals surface area contributed by atoms with E-state index in [1.165, 1.54) is 31.2 Å². The maximum absolute atomic E-state index is 5.73. The lowest BCUT2D eigenvalue weighted by Gasteiger charge is -2.22. The van der Waals surface area contributed by atoms with E-state index in [9.17, 15) is 0 Å². The Morgan fingerprint density at radius 3 is 2.61 bits per heavy atom. The van der Waals surface area contributed by atoms with E-state index in [0.717, 1.165) is 36.2 Å². The van der Waals surface area contributed by atoms with Gasteiger partial charge in [0.25, 0.3) is 0 Å². The second-order valence-corrected chi connectivity index (χ2v) is 7.41. The topological polar surface area (TPSA) is 61.8 Å². The highest BCUT2D eigenvalue weighted by molar-refractivity contribution is 14.0. The van der Waals surface area contributed by atoms with Crippen molar-refractivity contribution in [2.75, 3.05) is 31.6 Å². The molecule has 2 aromatic rings. The molecule has 6 nitrogen and oxygen atoms in total. The third kappa shape index (κ3) is 8.05. The Morgan fingerprint density at radius 2 is 1.87 bits per heavy atom. The zero-order valence-electron chi connectivity index (χ0n) is 18.3. The lowest BCUT2D eigenvalue weighted by atomic mass is 10.2. The average molecular weight is 535 g/mol. The van der Waals surface area contributed by atoms with Crippen molar-refractivity contribution < 1.29 is 4.74 Å². The Bertz CT molecular complexity index is 834. The van der Waals surface area contributed by atoms with E-state index in [-0.39, 0.29) is 24.0 Å². The minimum atomic E-state index is 0. The number of hydrogen-bond acceptors (Lipinski definition) is 4. The first kappa shape index (κ1) is 25.0. The molecule has 1 aromatic heterocycles. The number of rotatable bonds is 8. The van der Waals surface area contributed by atoms with E-state index < -0.39 is 0 Å². The molecule has 0 unspecified atom stereocenters. The number of aromatic nitrogens is 1.